The fraction of sp³-hybridized carbons (Fsp3) is 0.111. The minimum absolute atomic E-state index is 0.0735. The second-order valence-electron chi connectivity index (χ2n) is 5.35. The van der Waals surface area contributed by atoms with Crippen LogP contribution < -0.4 is 10.1 Å². The lowest BCUT2D eigenvalue weighted by Crippen LogP contribution is -2.12. The van der Waals surface area contributed by atoms with E-state index in [2.05, 4.69) is 10.3 Å². The Morgan fingerprint density at radius 1 is 1.27 bits per heavy atom. The van der Waals surface area contributed by atoms with Gasteiger partial charge in [-0.15, -0.1) is 11.3 Å². The normalized spacial score (nSPS) is 10.6. The number of phenolic OH excluding ortho intramolecular Hbond substituents is 1. The molecule has 0 aliphatic rings. The fourth-order valence-electron chi connectivity index (χ4n) is 2.41. The third-order valence-corrected chi connectivity index (χ3v) is 5.24. The van der Waals surface area contributed by atoms with Gasteiger partial charge in [0.15, 0.2) is 16.5 Å². The number of benzene rings is 2. The SMILES string of the molecule is COc1c(Cl)cc(NC(=O)c2nc(-c3ccccc3)c(C)s2)c(O)c1Cl. The van der Waals surface area contributed by atoms with Gasteiger partial charge in [-0.3, -0.25) is 4.79 Å². The number of carbonyl (C=O) groups is 1. The van der Waals surface area contributed by atoms with Crippen molar-refractivity contribution in [3.63, 3.8) is 0 Å². The molecule has 134 valence electrons. The molecule has 3 rings (SSSR count). The van der Waals surface area contributed by atoms with Crippen molar-refractivity contribution in [3.05, 3.63) is 56.3 Å². The van der Waals surface area contributed by atoms with Crippen LogP contribution in [0.15, 0.2) is 36.4 Å². The first-order chi connectivity index (χ1) is 12.4. The number of nitrogens with one attached hydrogen (secondary N) is 1. The maximum Gasteiger partial charge on any atom is 0.284 e. The van der Waals surface area contributed by atoms with Gasteiger partial charge in [-0.25, -0.2) is 4.98 Å². The first-order valence-corrected chi connectivity index (χ1v) is 9.08. The first kappa shape index (κ1) is 18.5. The second kappa shape index (κ2) is 7.53. The summed E-state index contributed by atoms with van der Waals surface area (Å²) in [7, 11) is 1.38. The monoisotopic (exact) mass is 408 g/mol. The summed E-state index contributed by atoms with van der Waals surface area (Å²) in [6, 6.07) is 11.0. The maximum atomic E-state index is 12.5. The molecule has 5 nitrogen and oxygen atoms in total. The van der Waals surface area contributed by atoms with E-state index in [1.165, 1.54) is 24.5 Å². The number of aromatic hydroxyl groups is 1. The zero-order valence-electron chi connectivity index (χ0n) is 13.8. The van der Waals surface area contributed by atoms with Gasteiger partial charge in [0.25, 0.3) is 5.91 Å². The molecule has 1 aromatic heterocycles. The predicted molar refractivity (Wildman–Crippen MR) is 105 cm³/mol. The number of aryl methyl sites for hydroxylation is 1. The van der Waals surface area contributed by atoms with Gasteiger partial charge >= 0.3 is 0 Å². The summed E-state index contributed by atoms with van der Waals surface area (Å²) in [5.74, 6) is -0.647. The van der Waals surface area contributed by atoms with Crippen LogP contribution in [0.4, 0.5) is 5.69 Å². The number of rotatable bonds is 4. The number of anilines is 1. The molecule has 0 aliphatic heterocycles. The number of carbonyl (C=O) groups excluding carboxylic acids is 1. The summed E-state index contributed by atoms with van der Waals surface area (Å²) in [4.78, 5) is 17.9. The summed E-state index contributed by atoms with van der Waals surface area (Å²) >= 11 is 13.3. The highest BCUT2D eigenvalue weighted by atomic mass is 35.5. The largest absolute Gasteiger partial charge is 0.504 e. The van der Waals surface area contributed by atoms with E-state index in [1.54, 1.807) is 0 Å². The lowest BCUT2D eigenvalue weighted by atomic mass is 10.1. The topological polar surface area (TPSA) is 71.5 Å². The fourth-order valence-corrected chi connectivity index (χ4v) is 3.85. The molecule has 1 amide bonds. The quantitative estimate of drug-likeness (QED) is 0.567. The number of methoxy groups -OCH3 is 1. The molecule has 0 bridgehead atoms. The zero-order chi connectivity index (χ0) is 18.8. The van der Waals surface area contributed by atoms with E-state index in [4.69, 9.17) is 27.9 Å². The number of nitrogens with zero attached hydrogens (tertiary/aromatic N) is 1. The second-order valence-corrected chi connectivity index (χ2v) is 7.33. The van der Waals surface area contributed by atoms with Gasteiger partial charge in [0.2, 0.25) is 0 Å². The van der Waals surface area contributed by atoms with Crippen molar-refractivity contribution < 1.29 is 14.6 Å². The van der Waals surface area contributed by atoms with Crippen molar-refractivity contribution in [2.45, 2.75) is 6.92 Å². The highest BCUT2D eigenvalue weighted by Crippen LogP contribution is 2.44. The van der Waals surface area contributed by atoms with Crippen molar-refractivity contribution in [2.24, 2.45) is 0 Å². The Labute approximate surface area is 164 Å². The van der Waals surface area contributed by atoms with Gasteiger partial charge in [0.1, 0.15) is 5.02 Å². The van der Waals surface area contributed by atoms with Gasteiger partial charge in [-0.2, -0.15) is 0 Å². The number of amides is 1. The van der Waals surface area contributed by atoms with Gasteiger partial charge in [0.05, 0.1) is 23.5 Å². The first-order valence-electron chi connectivity index (χ1n) is 7.51. The van der Waals surface area contributed by atoms with Gasteiger partial charge in [-0.1, -0.05) is 53.5 Å². The van der Waals surface area contributed by atoms with Crippen molar-refractivity contribution in [3.8, 4) is 22.8 Å². The molecule has 0 saturated heterocycles. The molecule has 0 radical (unpaired) electrons. The molecule has 2 N–H and O–H groups in total. The molecular formula is C18H14Cl2N2O3S. The lowest BCUT2D eigenvalue weighted by Gasteiger charge is -2.12. The third-order valence-electron chi connectivity index (χ3n) is 3.64. The highest BCUT2D eigenvalue weighted by molar-refractivity contribution is 7.14. The number of halogens is 2. The molecule has 0 unspecified atom stereocenters. The van der Waals surface area contributed by atoms with Crippen LogP contribution in [0.1, 0.15) is 14.7 Å². The van der Waals surface area contributed by atoms with Gasteiger partial charge < -0.3 is 15.2 Å². The standard InChI is InChI=1S/C18H14Cl2N2O3S/c1-9-14(10-6-4-3-5-7-10)22-18(26-9)17(24)21-12-8-11(19)16(25-2)13(20)15(12)23/h3-8,23H,1-2H3,(H,21,24). The smallest absolute Gasteiger partial charge is 0.284 e. The molecule has 0 aliphatic carbocycles. The molecule has 0 saturated carbocycles. The van der Waals surface area contributed by atoms with E-state index in [0.717, 1.165) is 16.1 Å². The van der Waals surface area contributed by atoms with Crippen LogP contribution >= 0.6 is 34.5 Å². The van der Waals surface area contributed by atoms with Crippen molar-refractivity contribution in [2.75, 3.05) is 12.4 Å². The van der Waals surface area contributed by atoms with E-state index in [9.17, 15) is 9.90 Å². The molecular weight excluding hydrogens is 395 g/mol. The van der Waals surface area contributed by atoms with E-state index >= 15 is 0 Å². The Morgan fingerprint density at radius 3 is 2.62 bits per heavy atom. The molecule has 3 aromatic rings. The molecule has 26 heavy (non-hydrogen) atoms. The minimum atomic E-state index is -0.465. The Bertz CT molecular complexity index is 974. The Balaban J connectivity index is 1.90. The van der Waals surface area contributed by atoms with Crippen molar-refractivity contribution in [1.29, 1.82) is 0 Å². The molecule has 2 aromatic carbocycles. The van der Waals surface area contributed by atoms with Crippen LogP contribution in [0, 0.1) is 6.92 Å². The van der Waals surface area contributed by atoms with E-state index in [-0.39, 0.29) is 32.2 Å². The number of aromatic nitrogens is 1. The molecule has 0 fully saturated rings. The summed E-state index contributed by atoms with van der Waals surface area (Å²) in [6.07, 6.45) is 0. The number of thiazole rings is 1. The van der Waals surface area contributed by atoms with Crippen LogP contribution in [0.25, 0.3) is 11.3 Å². The summed E-state index contributed by atoms with van der Waals surface area (Å²) in [5.41, 5.74) is 1.76. The average Bonchev–Trinajstić information content (AvgIpc) is 3.02. The van der Waals surface area contributed by atoms with Crippen LogP contribution in [0.3, 0.4) is 0 Å². The minimum Gasteiger partial charge on any atom is -0.504 e. The summed E-state index contributed by atoms with van der Waals surface area (Å²) in [5, 5.41) is 13.1. The molecule has 0 spiro atoms. The Hall–Kier alpha value is -2.28. The number of phenols is 1. The lowest BCUT2D eigenvalue weighted by molar-refractivity contribution is 0.102. The number of ether oxygens (including phenoxy) is 1. The Morgan fingerprint density at radius 2 is 1.96 bits per heavy atom. The van der Waals surface area contributed by atoms with Gasteiger partial charge in [0, 0.05) is 10.4 Å². The number of hydrogen-bond donors (Lipinski definition) is 2. The van der Waals surface area contributed by atoms with Gasteiger partial charge in [-0.05, 0) is 13.0 Å². The molecule has 1 heterocycles. The van der Waals surface area contributed by atoms with E-state index in [1.807, 2.05) is 37.3 Å². The summed E-state index contributed by atoms with van der Waals surface area (Å²) < 4.78 is 5.02. The van der Waals surface area contributed by atoms with Crippen molar-refractivity contribution >= 4 is 46.1 Å². The summed E-state index contributed by atoms with van der Waals surface area (Å²) in [6.45, 7) is 1.90. The predicted octanol–water partition coefficient (Wildman–Crippen LogP) is 5.39. The highest BCUT2D eigenvalue weighted by Gasteiger charge is 2.20. The zero-order valence-corrected chi connectivity index (χ0v) is 16.2. The average molecular weight is 409 g/mol. The Kier molecular flexibility index (Phi) is 5.36. The van der Waals surface area contributed by atoms with Crippen molar-refractivity contribution in [1.82, 2.24) is 4.98 Å². The van der Waals surface area contributed by atoms with Crippen LogP contribution in [0.2, 0.25) is 10.0 Å². The van der Waals surface area contributed by atoms with Crippen LogP contribution in [-0.2, 0) is 0 Å². The van der Waals surface area contributed by atoms with Crippen LogP contribution in [-0.4, -0.2) is 23.1 Å². The molecule has 8 heteroatoms. The van der Waals surface area contributed by atoms with E-state index in [0.29, 0.717) is 0 Å². The molecule has 0 atom stereocenters. The number of hydrogen-bond acceptors (Lipinski definition) is 5. The third kappa shape index (κ3) is 3.49. The maximum absolute atomic E-state index is 12.5. The van der Waals surface area contributed by atoms with Crippen LogP contribution in [0.5, 0.6) is 11.5 Å². The van der Waals surface area contributed by atoms with E-state index < -0.39 is 5.91 Å².